The average molecular weight is 492 g/mol. The molecule has 1 saturated heterocycles. The minimum Gasteiger partial charge on any atom is -0.507 e. The van der Waals surface area contributed by atoms with Crippen molar-refractivity contribution in [2.24, 2.45) is 5.92 Å². The molecule has 9 nitrogen and oxygen atoms in total. The number of benzene rings is 2. The van der Waals surface area contributed by atoms with Gasteiger partial charge in [0.15, 0.2) is 12.1 Å². The van der Waals surface area contributed by atoms with Gasteiger partial charge in [-0.1, -0.05) is 25.5 Å². The molecule has 0 aliphatic carbocycles. The van der Waals surface area contributed by atoms with Crippen LogP contribution in [0.25, 0.3) is 17.1 Å². The summed E-state index contributed by atoms with van der Waals surface area (Å²) < 4.78 is 1.54. The van der Waals surface area contributed by atoms with E-state index in [2.05, 4.69) is 15.5 Å². The number of aldehydes is 1. The maximum Gasteiger partial charge on any atom is 0.257 e. The molecule has 1 aliphatic rings. The number of amides is 1. The van der Waals surface area contributed by atoms with Gasteiger partial charge >= 0.3 is 0 Å². The molecule has 9 heteroatoms. The highest BCUT2D eigenvalue weighted by molar-refractivity contribution is 5.98. The van der Waals surface area contributed by atoms with E-state index in [9.17, 15) is 19.8 Å². The monoisotopic (exact) mass is 491 g/mol. The van der Waals surface area contributed by atoms with Crippen molar-refractivity contribution in [1.82, 2.24) is 25.0 Å². The van der Waals surface area contributed by atoms with Crippen LogP contribution >= 0.6 is 0 Å². The number of carbonyl (C=O) groups excluding carboxylic acids is 2. The predicted octanol–water partition coefficient (Wildman–Crippen LogP) is 3.57. The van der Waals surface area contributed by atoms with Gasteiger partial charge in [-0.2, -0.15) is 0 Å². The Kier molecular flexibility index (Phi) is 8.00. The number of aromatic nitrogens is 3. The van der Waals surface area contributed by atoms with Crippen molar-refractivity contribution in [2.75, 3.05) is 26.7 Å². The number of hydrogen-bond donors (Lipinski definition) is 3. The SMILES string of the molecule is CCCCN(C)C(=O)c1cc(-c2nnc(C=O)n2-c2ccc(CC3CCNCC3)cc2)c(O)cc1O. The first-order chi connectivity index (χ1) is 17.4. The van der Waals surface area contributed by atoms with E-state index in [1.54, 1.807) is 11.6 Å². The maximum atomic E-state index is 13.0. The Labute approximate surface area is 210 Å². The lowest BCUT2D eigenvalue weighted by Gasteiger charge is -2.22. The minimum atomic E-state index is -0.369. The second kappa shape index (κ2) is 11.3. The fraction of sp³-hybridized carbons (Fsp3) is 0.407. The van der Waals surface area contributed by atoms with Crippen molar-refractivity contribution in [3.8, 4) is 28.6 Å². The Hall–Kier alpha value is -3.72. The van der Waals surface area contributed by atoms with Crippen molar-refractivity contribution < 1.29 is 19.8 Å². The Morgan fingerprint density at radius 1 is 1.14 bits per heavy atom. The number of unbranched alkanes of at least 4 members (excludes halogenated alkanes) is 1. The van der Waals surface area contributed by atoms with E-state index in [-0.39, 0.29) is 40.2 Å². The number of nitrogens with zero attached hydrogens (tertiary/aromatic N) is 4. The number of phenolic OH excluding ortho intramolecular Hbond substituents is 2. The molecule has 1 fully saturated rings. The van der Waals surface area contributed by atoms with E-state index in [0.717, 1.165) is 51.3 Å². The summed E-state index contributed by atoms with van der Waals surface area (Å²) in [5.74, 6) is -0.0514. The maximum absolute atomic E-state index is 13.0. The molecule has 36 heavy (non-hydrogen) atoms. The molecular weight excluding hydrogens is 458 g/mol. The number of hydrogen-bond acceptors (Lipinski definition) is 7. The van der Waals surface area contributed by atoms with Crippen molar-refractivity contribution in [3.63, 3.8) is 0 Å². The van der Waals surface area contributed by atoms with Gasteiger partial charge in [0, 0.05) is 25.3 Å². The number of nitrogens with one attached hydrogen (secondary N) is 1. The largest absolute Gasteiger partial charge is 0.507 e. The van der Waals surface area contributed by atoms with Crippen LogP contribution in [0, 0.1) is 5.92 Å². The summed E-state index contributed by atoms with van der Waals surface area (Å²) in [7, 11) is 1.67. The summed E-state index contributed by atoms with van der Waals surface area (Å²) in [5, 5.41) is 32.6. The first-order valence-electron chi connectivity index (χ1n) is 12.4. The lowest BCUT2D eigenvalue weighted by molar-refractivity contribution is 0.0790. The summed E-state index contributed by atoms with van der Waals surface area (Å²) in [6.07, 6.45) is 5.66. The second-order valence-electron chi connectivity index (χ2n) is 9.37. The van der Waals surface area contributed by atoms with Gasteiger partial charge < -0.3 is 20.4 Å². The zero-order valence-electron chi connectivity index (χ0n) is 20.8. The zero-order chi connectivity index (χ0) is 25.7. The molecule has 0 spiro atoms. The van der Waals surface area contributed by atoms with E-state index in [1.165, 1.54) is 16.5 Å². The summed E-state index contributed by atoms with van der Waals surface area (Å²) in [5.41, 5.74) is 2.11. The first-order valence-corrected chi connectivity index (χ1v) is 12.4. The van der Waals surface area contributed by atoms with Gasteiger partial charge in [-0.05, 0) is 68.5 Å². The summed E-state index contributed by atoms with van der Waals surface area (Å²) >= 11 is 0. The highest BCUT2D eigenvalue weighted by atomic mass is 16.3. The Balaban J connectivity index is 1.68. The van der Waals surface area contributed by atoms with E-state index >= 15 is 0 Å². The fourth-order valence-electron chi connectivity index (χ4n) is 4.63. The minimum absolute atomic E-state index is 0.0425. The number of rotatable bonds is 9. The molecule has 0 bridgehead atoms. The third kappa shape index (κ3) is 5.41. The Bertz CT molecular complexity index is 1220. The quantitative estimate of drug-likeness (QED) is 0.391. The van der Waals surface area contributed by atoms with Crippen LogP contribution in [0.3, 0.4) is 0 Å². The fourth-order valence-corrected chi connectivity index (χ4v) is 4.63. The van der Waals surface area contributed by atoms with Crippen LogP contribution in [-0.4, -0.2) is 68.8 Å². The summed E-state index contributed by atoms with van der Waals surface area (Å²) in [4.78, 5) is 26.3. The van der Waals surface area contributed by atoms with Crippen molar-refractivity contribution >= 4 is 12.2 Å². The molecule has 2 aromatic carbocycles. The average Bonchev–Trinajstić information content (AvgIpc) is 3.32. The van der Waals surface area contributed by atoms with Gasteiger partial charge in [-0.25, -0.2) is 0 Å². The number of phenols is 2. The van der Waals surface area contributed by atoms with Crippen LogP contribution in [0.1, 0.15) is 59.1 Å². The van der Waals surface area contributed by atoms with Crippen LogP contribution < -0.4 is 5.32 Å². The van der Waals surface area contributed by atoms with Crippen LogP contribution in [0.15, 0.2) is 36.4 Å². The Morgan fingerprint density at radius 3 is 2.53 bits per heavy atom. The molecule has 1 amide bonds. The third-order valence-electron chi connectivity index (χ3n) is 6.75. The second-order valence-corrected chi connectivity index (χ2v) is 9.37. The number of aromatic hydroxyl groups is 2. The predicted molar refractivity (Wildman–Crippen MR) is 137 cm³/mol. The molecule has 2 heterocycles. The van der Waals surface area contributed by atoms with Gasteiger partial charge in [0.05, 0.1) is 11.1 Å². The van der Waals surface area contributed by atoms with Crippen LogP contribution in [-0.2, 0) is 6.42 Å². The molecular formula is C27H33N5O4. The summed E-state index contributed by atoms with van der Waals surface area (Å²) in [6.45, 7) is 4.67. The van der Waals surface area contributed by atoms with E-state index in [0.29, 0.717) is 24.4 Å². The van der Waals surface area contributed by atoms with Crippen LogP contribution in [0.4, 0.5) is 0 Å². The molecule has 1 aromatic heterocycles. The van der Waals surface area contributed by atoms with Crippen LogP contribution in [0.5, 0.6) is 11.5 Å². The van der Waals surface area contributed by atoms with Gasteiger partial charge in [-0.15, -0.1) is 10.2 Å². The molecule has 0 unspecified atom stereocenters. The zero-order valence-corrected chi connectivity index (χ0v) is 20.8. The van der Waals surface area contributed by atoms with Gasteiger partial charge in [0.2, 0.25) is 5.82 Å². The highest BCUT2D eigenvalue weighted by Crippen LogP contribution is 2.36. The van der Waals surface area contributed by atoms with Crippen molar-refractivity contribution in [3.05, 3.63) is 53.3 Å². The normalized spacial score (nSPS) is 14.1. The van der Waals surface area contributed by atoms with Gasteiger partial charge in [0.25, 0.3) is 5.91 Å². The molecule has 190 valence electrons. The molecule has 0 saturated carbocycles. The third-order valence-corrected chi connectivity index (χ3v) is 6.75. The number of piperidine rings is 1. The molecule has 0 atom stereocenters. The van der Waals surface area contributed by atoms with E-state index in [1.807, 2.05) is 31.2 Å². The lowest BCUT2D eigenvalue weighted by Crippen LogP contribution is -2.28. The topological polar surface area (TPSA) is 121 Å². The highest BCUT2D eigenvalue weighted by Gasteiger charge is 2.24. The first kappa shape index (κ1) is 25.4. The van der Waals surface area contributed by atoms with Gasteiger partial charge in [0.1, 0.15) is 11.5 Å². The molecule has 4 rings (SSSR count). The molecule has 0 radical (unpaired) electrons. The summed E-state index contributed by atoms with van der Waals surface area (Å²) in [6, 6.07) is 10.4. The van der Waals surface area contributed by atoms with E-state index in [4.69, 9.17) is 0 Å². The van der Waals surface area contributed by atoms with E-state index < -0.39 is 0 Å². The molecule has 1 aliphatic heterocycles. The standard InChI is InChI=1S/C27H33N5O4/c1-3-4-13-31(2)27(36)22-15-21(23(34)16-24(22)35)26-30-29-25(17-33)32(26)20-7-5-18(6-8-20)14-19-9-11-28-12-10-19/h5-8,15-17,19,28,34-35H,3-4,9-14H2,1-2H3. The smallest absolute Gasteiger partial charge is 0.257 e. The van der Waals surface area contributed by atoms with Gasteiger partial charge in [-0.3, -0.25) is 14.2 Å². The number of carbonyl (C=O) groups is 2. The van der Waals surface area contributed by atoms with Crippen molar-refractivity contribution in [1.29, 1.82) is 0 Å². The van der Waals surface area contributed by atoms with Crippen molar-refractivity contribution in [2.45, 2.75) is 39.0 Å². The molecule has 3 N–H and O–H groups in total. The van der Waals surface area contributed by atoms with Crippen LogP contribution in [0.2, 0.25) is 0 Å². The lowest BCUT2D eigenvalue weighted by atomic mass is 9.91. The Morgan fingerprint density at radius 2 is 1.86 bits per heavy atom. The molecule has 3 aromatic rings.